The Kier molecular flexibility index (Phi) is 7.83. The number of para-hydroxylation sites is 1. The maximum Gasteiger partial charge on any atom is 0.352 e. The lowest BCUT2D eigenvalue weighted by Crippen LogP contribution is -2.27. The van der Waals surface area contributed by atoms with Crippen LogP contribution in [-0.2, 0) is 9.59 Å². The highest BCUT2D eigenvalue weighted by molar-refractivity contribution is 6.32. The molecule has 1 saturated carbocycles. The Labute approximate surface area is 190 Å². The van der Waals surface area contributed by atoms with Crippen LogP contribution in [0, 0.1) is 16.0 Å². The van der Waals surface area contributed by atoms with Gasteiger partial charge in [-0.2, -0.15) is 0 Å². The van der Waals surface area contributed by atoms with Crippen molar-refractivity contribution in [1.29, 1.82) is 0 Å². The van der Waals surface area contributed by atoms with Crippen molar-refractivity contribution < 1.29 is 24.4 Å². The van der Waals surface area contributed by atoms with E-state index in [-0.39, 0.29) is 34.9 Å². The molecule has 2 N–H and O–H groups in total. The molecule has 1 amide bonds. The fraction of sp³-hybridized carbons (Fsp3) is 0.304. The van der Waals surface area contributed by atoms with Crippen molar-refractivity contribution in [3.8, 4) is 11.5 Å². The van der Waals surface area contributed by atoms with Crippen LogP contribution < -0.4 is 10.1 Å². The molecular weight excluding hydrogens is 436 g/mol. The third-order valence-electron chi connectivity index (χ3n) is 5.31. The van der Waals surface area contributed by atoms with Crippen LogP contribution in [0.1, 0.15) is 44.1 Å². The lowest BCUT2D eigenvalue weighted by atomic mass is 10.0. The fourth-order valence-electron chi connectivity index (χ4n) is 3.66. The zero-order chi connectivity index (χ0) is 23.1. The average Bonchev–Trinajstić information content (AvgIpc) is 3.28. The molecule has 1 fully saturated rings. The SMILES string of the molecule is O=C(CCC1CCCC1)NC(=Cc1ccc(Oc2ccccc2Cl)c([N+](=O)[O-])c1)C(=O)O. The number of nitrogens with one attached hydrogen (secondary N) is 1. The molecule has 0 bridgehead atoms. The van der Waals surface area contributed by atoms with Crippen molar-refractivity contribution in [2.24, 2.45) is 5.92 Å². The Morgan fingerprint density at radius 3 is 2.56 bits per heavy atom. The number of aliphatic carboxylic acids is 1. The van der Waals surface area contributed by atoms with Gasteiger partial charge in [0.15, 0.2) is 0 Å². The molecule has 0 radical (unpaired) electrons. The maximum atomic E-state index is 12.2. The molecule has 0 aromatic heterocycles. The van der Waals surface area contributed by atoms with Crippen LogP contribution in [0.4, 0.5) is 5.69 Å². The van der Waals surface area contributed by atoms with Gasteiger partial charge in [-0.15, -0.1) is 0 Å². The summed E-state index contributed by atoms with van der Waals surface area (Å²) in [4.78, 5) is 34.7. The van der Waals surface area contributed by atoms with E-state index in [1.165, 1.54) is 37.1 Å². The van der Waals surface area contributed by atoms with Gasteiger partial charge in [-0.25, -0.2) is 4.79 Å². The van der Waals surface area contributed by atoms with E-state index in [9.17, 15) is 24.8 Å². The molecule has 1 aliphatic rings. The molecule has 0 unspecified atom stereocenters. The summed E-state index contributed by atoms with van der Waals surface area (Å²) in [5.74, 6) is -1.01. The minimum atomic E-state index is -1.33. The lowest BCUT2D eigenvalue weighted by molar-refractivity contribution is -0.385. The number of hydrogen-bond acceptors (Lipinski definition) is 5. The molecule has 32 heavy (non-hydrogen) atoms. The number of carboxylic acid groups (broad SMARTS) is 1. The van der Waals surface area contributed by atoms with Gasteiger partial charge in [-0.3, -0.25) is 14.9 Å². The van der Waals surface area contributed by atoms with Gasteiger partial charge < -0.3 is 15.2 Å². The van der Waals surface area contributed by atoms with Crippen LogP contribution in [0.2, 0.25) is 5.02 Å². The van der Waals surface area contributed by atoms with Crippen molar-refractivity contribution in [2.45, 2.75) is 38.5 Å². The number of benzene rings is 2. The summed E-state index contributed by atoms with van der Waals surface area (Å²) in [7, 11) is 0. The summed E-state index contributed by atoms with van der Waals surface area (Å²) in [6, 6.07) is 10.5. The van der Waals surface area contributed by atoms with Crippen LogP contribution in [0.5, 0.6) is 11.5 Å². The largest absolute Gasteiger partial charge is 0.477 e. The number of ether oxygens (including phenoxy) is 1. The molecule has 0 saturated heterocycles. The first-order valence-electron chi connectivity index (χ1n) is 10.3. The van der Waals surface area contributed by atoms with E-state index in [0.29, 0.717) is 10.9 Å². The first kappa shape index (κ1) is 23.3. The standard InChI is InChI=1S/C23H23ClN2O6/c24-17-7-3-4-8-20(17)32-21-11-9-16(14-19(21)26(30)31)13-18(23(28)29)25-22(27)12-10-15-5-1-2-6-15/h3-4,7-9,11,13-15H,1-2,5-6,10,12H2,(H,25,27)(H,28,29). The summed E-state index contributed by atoms with van der Waals surface area (Å²) >= 11 is 6.05. The first-order chi connectivity index (χ1) is 15.3. The Hall–Kier alpha value is -3.39. The second-order valence-electron chi connectivity index (χ2n) is 7.62. The summed E-state index contributed by atoms with van der Waals surface area (Å²) in [6.07, 6.45) is 6.67. The number of nitrogens with zero attached hydrogens (tertiary/aromatic N) is 1. The van der Waals surface area contributed by atoms with Gasteiger partial charge in [0.25, 0.3) is 0 Å². The van der Waals surface area contributed by atoms with Crippen LogP contribution in [0.15, 0.2) is 48.2 Å². The number of nitro groups is 1. The van der Waals surface area contributed by atoms with E-state index in [1.54, 1.807) is 24.3 Å². The third-order valence-corrected chi connectivity index (χ3v) is 5.62. The van der Waals surface area contributed by atoms with E-state index in [4.69, 9.17) is 16.3 Å². The predicted octanol–water partition coefficient (Wildman–Crippen LogP) is 5.55. The topological polar surface area (TPSA) is 119 Å². The van der Waals surface area contributed by atoms with E-state index >= 15 is 0 Å². The highest BCUT2D eigenvalue weighted by Crippen LogP contribution is 2.35. The molecule has 2 aromatic carbocycles. The van der Waals surface area contributed by atoms with Crippen molar-refractivity contribution >= 4 is 35.2 Å². The van der Waals surface area contributed by atoms with Gasteiger partial charge in [0.2, 0.25) is 11.7 Å². The number of hydrogen-bond donors (Lipinski definition) is 2. The van der Waals surface area contributed by atoms with Crippen LogP contribution in [-0.4, -0.2) is 21.9 Å². The van der Waals surface area contributed by atoms with Crippen LogP contribution in [0.25, 0.3) is 6.08 Å². The molecule has 0 heterocycles. The van der Waals surface area contributed by atoms with Gasteiger partial charge in [-0.05, 0) is 42.2 Å². The van der Waals surface area contributed by atoms with E-state index in [2.05, 4.69) is 5.32 Å². The number of rotatable bonds is 9. The van der Waals surface area contributed by atoms with E-state index in [0.717, 1.165) is 19.3 Å². The molecule has 168 valence electrons. The Balaban J connectivity index is 1.77. The van der Waals surface area contributed by atoms with Gasteiger partial charge in [0.1, 0.15) is 11.4 Å². The molecule has 0 atom stereocenters. The number of carbonyl (C=O) groups excluding carboxylic acids is 1. The maximum absolute atomic E-state index is 12.2. The molecule has 2 aromatic rings. The molecule has 3 rings (SSSR count). The van der Waals surface area contributed by atoms with Crippen LogP contribution >= 0.6 is 11.6 Å². The number of nitro benzene ring substituents is 1. The Morgan fingerprint density at radius 1 is 1.19 bits per heavy atom. The smallest absolute Gasteiger partial charge is 0.352 e. The van der Waals surface area contributed by atoms with E-state index in [1.807, 2.05) is 0 Å². The quantitative estimate of drug-likeness (QED) is 0.289. The van der Waals surface area contributed by atoms with Crippen molar-refractivity contribution in [2.75, 3.05) is 0 Å². The minimum absolute atomic E-state index is 0.0438. The summed E-state index contributed by atoms with van der Waals surface area (Å²) in [6.45, 7) is 0. The average molecular weight is 459 g/mol. The third kappa shape index (κ3) is 6.31. The van der Waals surface area contributed by atoms with Crippen molar-refractivity contribution in [3.05, 3.63) is 68.9 Å². The monoisotopic (exact) mass is 458 g/mol. The predicted molar refractivity (Wildman–Crippen MR) is 120 cm³/mol. The van der Waals surface area contributed by atoms with Crippen molar-refractivity contribution in [3.63, 3.8) is 0 Å². The second kappa shape index (κ2) is 10.8. The highest BCUT2D eigenvalue weighted by Gasteiger charge is 2.20. The minimum Gasteiger partial charge on any atom is -0.477 e. The number of carboxylic acids is 1. The van der Waals surface area contributed by atoms with Gasteiger partial charge >= 0.3 is 11.7 Å². The number of amides is 1. The molecule has 0 spiro atoms. The molecule has 8 nitrogen and oxygen atoms in total. The van der Waals surface area contributed by atoms with Gasteiger partial charge in [-0.1, -0.05) is 55.5 Å². The summed E-state index contributed by atoms with van der Waals surface area (Å²) < 4.78 is 5.57. The molecular formula is C23H23ClN2O6. The molecule has 0 aliphatic heterocycles. The Morgan fingerprint density at radius 2 is 1.91 bits per heavy atom. The Bertz CT molecular complexity index is 1050. The number of halogens is 1. The van der Waals surface area contributed by atoms with Gasteiger partial charge in [0, 0.05) is 12.5 Å². The zero-order valence-electron chi connectivity index (χ0n) is 17.3. The second-order valence-corrected chi connectivity index (χ2v) is 8.02. The molecule has 1 aliphatic carbocycles. The highest BCUT2D eigenvalue weighted by atomic mass is 35.5. The van der Waals surface area contributed by atoms with Crippen molar-refractivity contribution in [1.82, 2.24) is 5.32 Å². The first-order valence-corrected chi connectivity index (χ1v) is 10.7. The summed E-state index contributed by atoms with van der Waals surface area (Å²) in [5, 5.41) is 23.7. The van der Waals surface area contributed by atoms with Crippen LogP contribution in [0.3, 0.4) is 0 Å². The lowest BCUT2D eigenvalue weighted by Gasteiger charge is -2.10. The zero-order valence-corrected chi connectivity index (χ0v) is 18.0. The van der Waals surface area contributed by atoms with Gasteiger partial charge in [0.05, 0.1) is 9.95 Å². The normalized spacial score (nSPS) is 14.2. The number of carbonyl (C=O) groups is 2. The molecule has 9 heteroatoms. The fourth-order valence-corrected chi connectivity index (χ4v) is 3.84. The van der Waals surface area contributed by atoms with E-state index < -0.39 is 16.8 Å². The summed E-state index contributed by atoms with van der Waals surface area (Å²) in [5.41, 5.74) is -0.483.